The zero-order valence-corrected chi connectivity index (χ0v) is 26.4. The molecular weight excluding hydrogens is 496 g/mol. The topological polar surface area (TPSA) is 36.9 Å². The molecule has 4 nitrogen and oxygen atoms in total. The molecule has 4 heteroatoms. The van der Waals surface area contributed by atoms with Crippen molar-refractivity contribution in [1.29, 1.82) is 0 Å². The fourth-order valence-corrected chi connectivity index (χ4v) is 3.49. The van der Waals surface area contributed by atoms with Gasteiger partial charge in [0.15, 0.2) is 0 Å². The molecule has 0 unspecified atom stereocenters. The molecule has 0 aliphatic rings. The van der Waals surface area contributed by atoms with Gasteiger partial charge in [0, 0.05) is 11.1 Å². The van der Waals surface area contributed by atoms with Gasteiger partial charge in [-0.15, -0.1) is 0 Å². The molecule has 0 fully saturated rings. The standard InChI is InChI=1S/C36H54O4/c1-9-27(5)23-37-33-17-19-35(39-25-29(7)11-3)31(21-33)15-13-14-16-32-22-34(38-24-28(6)10-2)18-20-36(32)40-26-30(8)12-4/h13-22,27-30H,9-12,23-26H2,1-8H3/b15-13+,16-14+/t27-,28-,29-,30-/m0/s1. The fraction of sp³-hybridized carbons (Fsp3) is 0.556. The Bertz CT molecular complexity index is 958. The van der Waals surface area contributed by atoms with Crippen LogP contribution in [-0.2, 0) is 0 Å². The molecule has 0 radical (unpaired) electrons. The maximum absolute atomic E-state index is 6.19. The second-order valence-electron chi connectivity index (χ2n) is 11.4. The van der Waals surface area contributed by atoms with Crippen LogP contribution < -0.4 is 18.9 Å². The van der Waals surface area contributed by atoms with Crippen molar-refractivity contribution in [2.45, 2.75) is 81.1 Å². The zero-order valence-electron chi connectivity index (χ0n) is 26.4. The molecule has 0 aromatic heterocycles. The van der Waals surface area contributed by atoms with Crippen LogP contribution in [0.5, 0.6) is 23.0 Å². The van der Waals surface area contributed by atoms with Crippen LogP contribution in [0.1, 0.15) is 92.2 Å². The van der Waals surface area contributed by atoms with Gasteiger partial charge >= 0.3 is 0 Å². The van der Waals surface area contributed by atoms with E-state index in [4.69, 9.17) is 18.9 Å². The Kier molecular flexibility index (Phi) is 15.4. The average Bonchev–Trinajstić information content (AvgIpc) is 2.98. The highest BCUT2D eigenvalue weighted by Gasteiger charge is 2.09. The summed E-state index contributed by atoms with van der Waals surface area (Å²) in [6, 6.07) is 12.2. The number of benzene rings is 2. The van der Waals surface area contributed by atoms with Crippen molar-refractivity contribution in [3.63, 3.8) is 0 Å². The van der Waals surface area contributed by atoms with Gasteiger partial charge in [-0.3, -0.25) is 0 Å². The molecule has 0 saturated heterocycles. The van der Waals surface area contributed by atoms with Crippen molar-refractivity contribution in [2.24, 2.45) is 23.7 Å². The number of ether oxygens (including phenoxy) is 4. The van der Waals surface area contributed by atoms with E-state index in [2.05, 4.69) is 91.8 Å². The minimum absolute atomic E-state index is 0.502. The van der Waals surface area contributed by atoms with E-state index in [1.807, 2.05) is 24.3 Å². The minimum Gasteiger partial charge on any atom is -0.493 e. The molecule has 0 heterocycles. The monoisotopic (exact) mass is 550 g/mol. The number of hydrogen-bond acceptors (Lipinski definition) is 4. The maximum atomic E-state index is 6.19. The molecule has 0 saturated carbocycles. The second-order valence-corrected chi connectivity index (χ2v) is 11.4. The summed E-state index contributed by atoms with van der Waals surface area (Å²) < 4.78 is 24.5. The predicted molar refractivity (Wildman–Crippen MR) is 171 cm³/mol. The average molecular weight is 551 g/mol. The van der Waals surface area contributed by atoms with E-state index in [1.165, 1.54) is 0 Å². The molecule has 2 aromatic rings. The van der Waals surface area contributed by atoms with Crippen LogP contribution in [0.25, 0.3) is 12.2 Å². The van der Waals surface area contributed by atoms with Gasteiger partial charge in [-0.1, -0.05) is 105 Å². The zero-order chi connectivity index (χ0) is 29.3. The molecule has 2 rings (SSSR count). The lowest BCUT2D eigenvalue weighted by molar-refractivity contribution is 0.249. The lowest BCUT2D eigenvalue weighted by Gasteiger charge is -2.16. The predicted octanol–water partition coefficient (Wildman–Crippen LogP) is 10.1. The molecule has 222 valence electrons. The normalized spacial score (nSPS) is 14.7. The first-order valence-corrected chi connectivity index (χ1v) is 15.4. The highest BCUT2D eigenvalue weighted by molar-refractivity contribution is 5.65. The summed E-state index contributed by atoms with van der Waals surface area (Å²) in [5.41, 5.74) is 2.02. The van der Waals surface area contributed by atoms with Gasteiger partial charge in [0.2, 0.25) is 0 Å². The summed E-state index contributed by atoms with van der Waals surface area (Å²) in [6.07, 6.45) is 12.6. The van der Waals surface area contributed by atoms with Crippen molar-refractivity contribution in [3.05, 3.63) is 59.7 Å². The van der Waals surface area contributed by atoms with Gasteiger partial charge in [-0.05, 0) is 60.1 Å². The Hall–Kier alpha value is -2.88. The first kappa shape index (κ1) is 33.3. The summed E-state index contributed by atoms with van der Waals surface area (Å²) in [4.78, 5) is 0. The van der Waals surface area contributed by atoms with Gasteiger partial charge in [0.1, 0.15) is 23.0 Å². The van der Waals surface area contributed by atoms with Gasteiger partial charge in [0.05, 0.1) is 26.4 Å². The van der Waals surface area contributed by atoms with E-state index in [9.17, 15) is 0 Å². The third-order valence-electron chi connectivity index (χ3n) is 7.53. The van der Waals surface area contributed by atoms with E-state index in [1.54, 1.807) is 0 Å². The largest absolute Gasteiger partial charge is 0.493 e. The van der Waals surface area contributed by atoms with Crippen molar-refractivity contribution in [2.75, 3.05) is 26.4 Å². The Labute approximate surface area is 244 Å². The lowest BCUT2D eigenvalue weighted by atomic mass is 10.1. The van der Waals surface area contributed by atoms with Crippen molar-refractivity contribution < 1.29 is 18.9 Å². The Morgan fingerprint density at radius 1 is 0.500 bits per heavy atom. The fourth-order valence-electron chi connectivity index (χ4n) is 3.49. The quantitative estimate of drug-likeness (QED) is 0.163. The molecule has 4 atom stereocenters. The van der Waals surface area contributed by atoms with Gasteiger partial charge in [0.25, 0.3) is 0 Å². The first-order chi connectivity index (χ1) is 19.3. The number of hydrogen-bond donors (Lipinski definition) is 0. The Balaban J connectivity index is 2.27. The summed E-state index contributed by atoms with van der Waals surface area (Å²) >= 11 is 0. The highest BCUT2D eigenvalue weighted by atomic mass is 16.5. The summed E-state index contributed by atoms with van der Waals surface area (Å²) in [5.74, 6) is 5.52. The third kappa shape index (κ3) is 12.1. The number of allylic oxidation sites excluding steroid dienone is 2. The van der Waals surface area contributed by atoms with Crippen molar-refractivity contribution in [3.8, 4) is 23.0 Å². The van der Waals surface area contributed by atoms with Crippen LogP contribution in [-0.4, -0.2) is 26.4 Å². The molecule has 0 aliphatic heterocycles. The molecule has 0 amide bonds. The van der Waals surface area contributed by atoms with E-state index in [0.29, 0.717) is 50.1 Å². The summed E-state index contributed by atoms with van der Waals surface area (Å²) in [7, 11) is 0. The van der Waals surface area contributed by atoms with Crippen molar-refractivity contribution >= 4 is 12.2 Å². The Morgan fingerprint density at radius 3 is 1.15 bits per heavy atom. The van der Waals surface area contributed by atoms with Gasteiger partial charge in [-0.25, -0.2) is 0 Å². The van der Waals surface area contributed by atoms with Crippen LogP contribution in [0.4, 0.5) is 0 Å². The van der Waals surface area contributed by atoms with Crippen LogP contribution in [0, 0.1) is 23.7 Å². The number of rotatable bonds is 19. The first-order valence-electron chi connectivity index (χ1n) is 15.4. The van der Waals surface area contributed by atoms with Gasteiger partial charge < -0.3 is 18.9 Å². The van der Waals surface area contributed by atoms with E-state index < -0.39 is 0 Å². The Morgan fingerprint density at radius 2 is 0.825 bits per heavy atom. The van der Waals surface area contributed by atoms with Crippen LogP contribution >= 0.6 is 0 Å². The molecule has 2 aromatic carbocycles. The van der Waals surface area contributed by atoms with Crippen LogP contribution in [0.3, 0.4) is 0 Å². The maximum Gasteiger partial charge on any atom is 0.126 e. The molecular formula is C36H54O4. The second kappa shape index (κ2) is 18.5. The van der Waals surface area contributed by atoms with Crippen molar-refractivity contribution in [1.82, 2.24) is 0 Å². The molecule has 40 heavy (non-hydrogen) atoms. The van der Waals surface area contributed by atoms with E-state index in [0.717, 1.165) is 59.8 Å². The smallest absolute Gasteiger partial charge is 0.126 e. The highest BCUT2D eigenvalue weighted by Crippen LogP contribution is 2.29. The lowest BCUT2D eigenvalue weighted by Crippen LogP contribution is -2.09. The van der Waals surface area contributed by atoms with Crippen LogP contribution in [0.15, 0.2) is 48.6 Å². The van der Waals surface area contributed by atoms with E-state index in [-0.39, 0.29) is 0 Å². The summed E-state index contributed by atoms with van der Waals surface area (Å²) in [6.45, 7) is 20.4. The van der Waals surface area contributed by atoms with Crippen LogP contribution in [0.2, 0.25) is 0 Å². The minimum atomic E-state index is 0.502. The molecule has 0 bridgehead atoms. The van der Waals surface area contributed by atoms with Gasteiger partial charge in [-0.2, -0.15) is 0 Å². The molecule has 0 N–H and O–H groups in total. The summed E-state index contributed by atoms with van der Waals surface area (Å²) in [5, 5.41) is 0. The van der Waals surface area contributed by atoms with E-state index >= 15 is 0 Å². The third-order valence-corrected chi connectivity index (χ3v) is 7.53. The molecule has 0 spiro atoms. The SMILES string of the molecule is CC[C@H](C)COc1ccc(OC[C@@H](C)CC)c(/C=C/C=C/c2cc(OC[C@@H](C)CC)ccc2OC[C@@H](C)CC)c1. The molecule has 0 aliphatic carbocycles.